The highest BCUT2D eigenvalue weighted by atomic mass is 32.2. The van der Waals surface area contributed by atoms with Crippen molar-refractivity contribution in [1.29, 1.82) is 0 Å². The van der Waals surface area contributed by atoms with Gasteiger partial charge in [-0.15, -0.1) is 0 Å². The molecule has 0 aliphatic carbocycles. The highest BCUT2D eigenvalue weighted by Gasteiger charge is 2.28. The van der Waals surface area contributed by atoms with Gasteiger partial charge in [0.05, 0.1) is 24.5 Å². The summed E-state index contributed by atoms with van der Waals surface area (Å²) in [5.41, 5.74) is 1.69. The van der Waals surface area contributed by atoms with Crippen LogP contribution in [0.5, 0.6) is 5.75 Å². The Morgan fingerprint density at radius 3 is 2.62 bits per heavy atom. The highest BCUT2D eigenvalue weighted by Crippen LogP contribution is 2.31. The van der Waals surface area contributed by atoms with Crippen LogP contribution in [0.1, 0.15) is 24.2 Å². The zero-order valence-electron chi connectivity index (χ0n) is 17.7. The third-order valence-electron chi connectivity index (χ3n) is 5.57. The summed E-state index contributed by atoms with van der Waals surface area (Å²) in [5, 5.41) is 2.75. The second kappa shape index (κ2) is 10.1. The number of fused-ring (bicyclic) bond motifs is 1. The molecule has 6 nitrogen and oxygen atoms in total. The van der Waals surface area contributed by atoms with Crippen molar-refractivity contribution in [2.75, 3.05) is 42.7 Å². The number of anilines is 2. The summed E-state index contributed by atoms with van der Waals surface area (Å²) in [7, 11) is 0. The second-order valence-electron chi connectivity index (χ2n) is 7.74. The summed E-state index contributed by atoms with van der Waals surface area (Å²) in [6.07, 6.45) is 1.15. The molecule has 1 saturated heterocycles. The molecule has 2 aliphatic rings. The fourth-order valence-corrected chi connectivity index (χ4v) is 4.43. The molecule has 0 saturated carbocycles. The van der Waals surface area contributed by atoms with Crippen molar-refractivity contribution < 1.29 is 22.3 Å². The van der Waals surface area contributed by atoms with E-state index in [4.69, 9.17) is 9.72 Å². The van der Waals surface area contributed by atoms with Crippen molar-refractivity contribution >= 4 is 23.6 Å². The average Bonchev–Trinajstić information content (AvgIpc) is 2.79. The van der Waals surface area contributed by atoms with Crippen LogP contribution >= 0.6 is 11.9 Å². The van der Waals surface area contributed by atoms with Crippen LogP contribution in [0.15, 0.2) is 18.2 Å². The van der Waals surface area contributed by atoms with E-state index in [2.05, 4.69) is 14.6 Å². The fraction of sp³-hybridized carbons (Fsp3) is 0.524. The Hall–Kier alpha value is -2.27. The van der Waals surface area contributed by atoms with Crippen LogP contribution in [-0.2, 0) is 13.0 Å². The minimum Gasteiger partial charge on any atom is -0.487 e. The lowest BCUT2D eigenvalue weighted by Crippen LogP contribution is -2.40. The Morgan fingerprint density at radius 1 is 1.16 bits per heavy atom. The molecule has 0 unspecified atom stereocenters. The van der Waals surface area contributed by atoms with Crippen LogP contribution in [0.4, 0.5) is 29.2 Å². The first kappa shape index (κ1) is 22.9. The van der Waals surface area contributed by atoms with E-state index in [0.717, 1.165) is 30.1 Å². The Morgan fingerprint density at radius 2 is 1.94 bits per heavy atom. The lowest BCUT2D eigenvalue weighted by atomic mass is 10.1. The van der Waals surface area contributed by atoms with Gasteiger partial charge in [-0.25, -0.2) is 31.8 Å². The number of hydrogen-bond acceptors (Lipinski definition) is 7. The van der Waals surface area contributed by atoms with Crippen LogP contribution < -0.4 is 15.0 Å². The quantitative estimate of drug-likeness (QED) is 0.482. The molecule has 1 N–H and O–H groups in total. The SMILES string of the molecule is CSN1CCc2nc(NCC(F)F)c(N3CCC(Oc4ccc(F)cc4F)CC3)nc2C1. The van der Waals surface area contributed by atoms with Gasteiger partial charge in [0.2, 0.25) is 0 Å². The third kappa shape index (κ3) is 5.37. The molecule has 11 heteroatoms. The average molecular weight is 472 g/mol. The van der Waals surface area contributed by atoms with Crippen molar-refractivity contribution in [2.24, 2.45) is 0 Å². The molecule has 4 rings (SSSR count). The molecule has 2 aromatic rings. The van der Waals surface area contributed by atoms with E-state index in [1.54, 1.807) is 11.9 Å². The highest BCUT2D eigenvalue weighted by molar-refractivity contribution is 7.96. The van der Waals surface area contributed by atoms with Gasteiger partial charge in [0.15, 0.2) is 23.2 Å². The lowest BCUT2D eigenvalue weighted by molar-refractivity contribution is 0.162. The number of nitrogens with one attached hydrogen (secondary N) is 1. The van der Waals surface area contributed by atoms with Gasteiger partial charge in [0.1, 0.15) is 11.9 Å². The molecule has 1 aromatic carbocycles. The Labute approximate surface area is 188 Å². The number of ether oxygens (including phenoxy) is 1. The van der Waals surface area contributed by atoms with Crippen molar-refractivity contribution in [2.45, 2.75) is 38.3 Å². The van der Waals surface area contributed by atoms with Gasteiger partial charge in [-0.05, 0) is 18.4 Å². The van der Waals surface area contributed by atoms with Crippen LogP contribution in [0, 0.1) is 11.6 Å². The molecular weight excluding hydrogens is 446 g/mol. The summed E-state index contributed by atoms with van der Waals surface area (Å²) >= 11 is 1.64. The number of benzene rings is 1. The van der Waals surface area contributed by atoms with E-state index >= 15 is 0 Å². The van der Waals surface area contributed by atoms with E-state index in [-0.39, 0.29) is 11.9 Å². The minimum absolute atomic E-state index is 0.0230. The molecule has 174 valence electrons. The number of nitrogens with zero attached hydrogens (tertiary/aromatic N) is 4. The monoisotopic (exact) mass is 471 g/mol. The minimum atomic E-state index is -2.50. The van der Waals surface area contributed by atoms with Crippen molar-refractivity contribution in [3.63, 3.8) is 0 Å². The summed E-state index contributed by atoms with van der Waals surface area (Å²) in [6.45, 7) is 2.09. The molecule has 0 spiro atoms. The number of hydrogen-bond donors (Lipinski definition) is 1. The maximum atomic E-state index is 13.9. The molecule has 0 bridgehead atoms. The van der Waals surface area contributed by atoms with E-state index < -0.39 is 24.6 Å². The number of alkyl halides is 2. The first-order chi connectivity index (χ1) is 15.4. The molecule has 2 aliphatic heterocycles. The second-order valence-corrected chi connectivity index (χ2v) is 8.62. The van der Waals surface area contributed by atoms with E-state index in [1.165, 1.54) is 6.07 Å². The van der Waals surface area contributed by atoms with Crippen molar-refractivity contribution in [3.8, 4) is 5.75 Å². The summed E-state index contributed by atoms with van der Waals surface area (Å²) in [4.78, 5) is 11.4. The third-order valence-corrected chi connectivity index (χ3v) is 6.40. The smallest absolute Gasteiger partial charge is 0.255 e. The molecule has 0 amide bonds. The van der Waals surface area contributed by atoms with Gasteiger partial charge >= 0.3 is 0 Å². The van der Waals surface area contributed by atoms with Crippen molar-refractivity contribution in [1.82, 2.24) is 14.3 Å². The standard InChI is InChI=1S/C21H25F4N5OS/c1-32-30-9-6-16-17(12-30)28-21(20(27-16)26-11-19(24)25)29-7-4-14(5-8-29)31-18-3-2-13(22)10-15(18)23/h2-3,10,14,19H,4-9,11-12H2,1H3,(H,26,27). The van der Waals surface area contributed by atoms with E-state index in [0.29, 0.717) is 50.5 Å². The first-order valence-corrected chi connectivity index (χ1v) is 11.7. The largest absolute Gasteiger partial charge is 0.487 e. The van der Waals surface area contributed by atoms with Crippen molar-refractivity contribution in [3.05, 3.63) is 41.2 Å². The Bertz CT molecular complexity index is 943. The Balaban J connectivity index is 1.48. The Kier molecular flexibility index (Phi) is 7.24. The predicted octanol–water partition coefficient (Wildman–Crippen LogP) is 4.12. The number of rotatable bonds is 7. The number of halogens is 4. The van der Waals surface area contributed by atoms with Crippen LogP contribution in [-0.4, -0.2) is 59.2 Å². The zero-order chi connectivity index (χ0) is 22.7. The number of piperidine rings is 1. The maximum Gasteiger partial charge on any atom is 0.255 e. The maximum absolute atomic E-state index is 13.9. The first-order valence-electron chi connectivity index (χ1n) is 10.5. The van der Waals surface area contributed by atoms with Crippen LogP contribution in [0.2, 0.25) is 0 Å². The van der Waals surface area contributed by atoms with Gasteiger partial charge < -0.3 is 15.0 Å². The normalized spacial score (nSPS) is 17.5. The predicted molar refractivity (Wildman–Crippen MR) is 116 cm³/mol. The lowest BCUT2D eigenvalue weighted by Gasteiger charge is -2.35. The van der Waals surface area contributed by atoms with Crippen LogP contribution in [0.3, 0.4) is 0 Å². The topological polar surface area (TPSA) is 53.5 Å². The van der Waals surface area contributed by atoms with Gasteiger partial charge in [-0.1, -0.05) is 11.9 Å². The zero-order valence-corrected chi connectivity index (χ0v) is 18.5. The molecule has 0 radical (unpaired) electrons. The van der Waals surface area contributed by atoms with Crippen LogP contribution in [0.25, 0.3) is 0 Å². The van der Waals surface area contributed by atoms with Gasteiger partial charge in [-0.2, -0.15) is 0 Å². The summed E-state index contributed by atoms with van der Waals surface area (Å²) in [6, 6.07) is 3.25. The fourth-order valence-electron chi connectivity index (χ4n) is 3.90. The van der Waals surface area contributed by atoms with E-state index in [1.807, 2.05) is 11.2 Å². The molecule has 0 atom stereocenters. The number of aromatic nitrogens is 2. The summed E-state index contributed by atoms with van der Waals surface area (Å²) in [5.74, 6) is -0.441. The molecule has 32 heavy (non-hydrogen) atoms. The molecule has 1 aromatic heterocycles. The van der Waals surface area contributed by atoms with Gasteiger partial charge in [-0.3, -0.25) is 0 Å². The summed E-state index contributed by atoms with van der Waals surface area (Å²) < 4.78 is 60.6. The molecular formula is C21H25F4N5OS. The molecule has 3 heterocycles. The van der Waals surface area contributed by atoms with Gasteiger partial charge in [0, 0.05) is 45.0 Å². The molecule has 1 fully saturated rings. The van der Waals surface area contributed by atoms with Gasteiger partial charge in [0.25, 0.3) is 6.43 Å². The van der Waals surface area contributed by atoms with E-state index in [9.17, 15) is 17.6 Å².